The molecule has 0 atom stereocenters. The van der Waals surface area contributed by atoms with Gasteiger partial charge < -0.3 is 9.84 Å². The van der Waals surface area contributed by atoms with Gasteiger partial charge in [-0.05, 0) is 18.4 Å². The fraction of sp³-hybridized carbons (Fsp3) is 0.250. The number of esters is 1. The summed E-state index contributed by atoms with van der Waals surface area (Å²) in [5, 5.41) is 10.2. The Morgan fingerprint density at radius 3 is 2.85 bits per heavy atom. The number of carboxylic acid groups (broad SMARTS) is 1. The Balaban J connectivity index is 2.93. The summed E-state index contributed by atoms with van der Waals surface area (Å²) in [6.07, 6.45) is 0. The maximum Gasteiger partial charge on any atom is 0.349 e. The molecule has 0 saturated heterocycles. The highest BCUT2D eigenvalue weighted by molar-refractivity contribution is 7.12. The van der Waals surface area contributed by atoms with Crippen LogP contribution in [0.3, 0.4) is 0 Å². The fourth-order valence-corrected chi connectivity index (χ4v) is 1.61. The van der Waals surface area contributed by atoms with Crippen molar-refractivity contribution in [2.45, 2.75) is 6.92 Å². The molecule has 0 spiro atoms. The Labute approximate surface area is 78.8 Å². The van der Waals surface area contributed by atoms with Crippen LogP contribution in [-0.4, -0.2) is 23.7 Å². The van der Waals surface area contributed by atoms with Gasteiger partial charge in [-0.15, -0.1) is 11.3 Å². The van der Waals surface area contributed by atoms with Crippen molar-refractivity contribution in [1.82, 2.24) is 0 Å². The molecule has 0 fully saturated rings. The molecule has 0 aliphatic heterocycles. The lowest BCUT2D eigenvalue weighted by Gasteiger charge is -1.99. The lowest BCUT2D eigenvalue weighted by atomic mass is 10.2. The lowest BCUT2D eigenvalue weighted by molar-refractivity contribution is 0.0521. The van der Waals surface area contributed by atoms with Gasteiger partial charge in [0.1, 0.15) is 4.88 Å². The highest BCUT2D eigenvalue weighted by atomic mass is 32.1. The van der Waals surface area contributed by atoms with Crippen LogP contribution in [0.5, 0.6) is 0 Å². The summed E-state index contributed by atoms with van der Waals surface area (Å²) in [6, 6.07) is 1.39. The van der Waals surface area contributed by atoms with Crippen molar-refractivity contribution in [3.05, 3.63) is 21.9 Å². The third-order valence-corrected chi connectivity index (χ3v) is 2.25. The first-order chi connectivity index (χ1) is 6.16. The second-order valence-electron chi connectivity index (χ2n) is 2.19. The molecule has 0 bridgehead atoms. The number of aromatic carboxylic acids is 1. The third kappa shape index (κ3) is 2.06. The minimum absolute atomic E-state index is 0.00319. The number of hydrogen-bond acceptors (Lipinski definition) is 4. The Morgan fingerprint density at radius 1 is 1.62 bits per heavy atom. The zero-order chi connectivity index (χ0) is 9.84. The monoisotopic (exact) mass is 200 g/mol. The number of ether oxygens (including phenoxy) is 1. The van der Waals surface area contributed by atoms with E-state index in [1.807, 2.05) is 0 Å². The molecule has 1 aromatic rings. The van der Waals surface area contributed by atoms with Crippen LogP contribution in [0.2, 0.25) is 0 Å². The minimum atomic E-state index is -1.11. The molecule has 70 valence electrons. The van der Waals surface area contributed by atoms with Crippen molar-refractivity contribution in [3.63, 3.8) is 0 Å². The van der Waals surface area contributed by atoms with Gasteiger partial charge in [0.2, 0.25) is 0 Å². The molecular weight excluding hydrogens is 192 g/mol. The molecule has 1 heterocycles. The van der Waals surface area contributed by atoms with E-state index in [0.717, 1.165) is 11.3 Å². The Bertz CT molecular complexity index is 329. The molecule has 13 heavy (non-hydrogen) atoms. The maximum absolute atomic E-state index is 11.2. The van der Waals surface area contributed by atoms with Gasteiger partial charge in [-0.2, -0.15) is 0 Å². The number of carbonyl (C=O) groups is 2. The molecule has 4 nitrogen and oxygen atoms in total. The first-order valence-electron chi connectivity index (χ1n) is 3.64. The van der Waals surface area contributed by atoms with Gasteiger partial charge in [-0.1, -0.05) is 0 Å². The summed E-state index contributed by atoms with van der Waals surface area (Å²) < 4.78 is 4.69. The zero-order valence-corrected chi connectivity index (χ0v) is 7.76. The van der Waals surface area contributed by atoms with E-state index in [-0.39, 0.29) is 17.0 Å². The molecular formula is C8H8O4S. The second-order valence-corrected chi connectivity index (χ2v) is 3.11. The molecule has 5 heteroatoms. The van der Waals surface area contributed by atoms with Crippen molar-refractivity contribution >= 4 is 23.3 Å². The smallest absolute Gasteiger partial charge is 0.349 e. The number of carbonyl (C=O) groups excluding carboxylic acids is 1. The summed E-state index contributed by atoms with van der Waals surface area (Å²) >= 11 is 1.07. The van der Waals surface area contributed by atoms with Gasteiger partial charge in [-0.25, -0.2) is 9.59 Å². The summed E-state index contributed by atoms with van der Waals surface area (Å²) in [6.45, 7) is 1.92. The number of rotatable bonds is 3. The Morgan fingerprint density at radius 2 is 2.31 bits per heavy atom. The van der Waals surface area contributed by atoms with E-state index in [1.54, 1.807) is 12.3 Å². The van der Waals surface area contributed by atoms with Gasteiger partial charge >= 0.3 is 11.9 Å². The van der Waals surface area contributed by atoms with Crippen molar-refractivity contribution in [2.24, 2.45) is 0 Å². The van der Waals surface area contributed by atoms with Crippen molar-refractivity contribution in [1.29, 1.82) is 0 Å². The van der Waals surface area contributed by atoms with Gasteiger partial charge in [0, 0.05) is 0 Å². The standard InChI is InChI=1S/C8H8O4S/c1-2-12-8(11)6-5(7(9)10)3-4-13-6/h3-4H,2H2,1H3,(H,9,10). The molecule has 0 aliphatic carbocycles. The minimum Gasteiger partial charge on any atom is -0.478 e. The fourth-order valence-electron chi connectivity index (χ4n) is 0.832. The van der Waals surface area contributed by atoms with Crippen LogP contribution in [0.25, 0.3) is 0 Å². The predicted octanol–water partition coefficient (Wildman–Crippen LogP) is 1.62. The molecule has 0 radical (unpaired) electrons. The van der Waals surface area contributed by atoms with E-state index in [4.69, 9.17) is 5.11 Å². The highest BCUT2D eigenvalue weighted by Crippen LogP contribution is 2.17. The van der Waals surface area contributed by atoms with Gasteiger partial charge in [0.05, 0.1) is 12.2 Å². The van der Waals surface area contributed by atoms with Gasteiger partial charge in [-0.3, -0.25) is 0 Å². The summed E-state index contributed by atoms with van der Waals surface area (Å²) in [4.78, 5) is 21.9. The summed E-state index contributed by atoms with van der Waals surface area (Å²) in [5.41, 5.74) is 0.00319. The van der Waals surface area contributed by atoms with Gasteiger partial charge in [0.15, 0.2) is 0 Å². The van der Waals surface area contributed by atoms with E-state index in [0.29, 0.717) is 0 Å². The van der Waals surface area contributed by atoms with Crippen LogP contribution in [-0.2, 0) is 4.74 Å². The quantitative estimate of drug-likeness (QED) is 0.753. The average Bonchev–Trinajstić information content (AvgIpc) is 2.52. The van der Waals surface area contributed by atoms with Crippen LogP contribution in [0, 0.1) is 0 Å². The third-order valence-electron chi connectivity index (χ3n) is 1.36. The Hall–Kier alpha value is -1.36. The van der Waals surface area contributed by atoms with Crippen molar-refractivity contribution in [2.75, 3.05) is 6.61 Å². The zero-order valence-electron chi connectivity index (χ0n) is 6.94. The first-order valence-corrected chi connectivity index (χ1v) is 4.52. The van der Waals surface area contributed by atoms with E-state index in [2.05, 4.69) is 4.74 Å². The van der Waals surface area contributed by atoms with Crippen LogP contribution < -0.4 is 0 Å². The highest BCUT2D eigenvalue weighted by Gasteiger charge is 2.18. The molecule has 1 aromatic heterocycles. The molecule has 0 aromatic carbocycles. The maximum atomic E-state index is 11.2. The molecule has 1 rings (SSSR count). The second kappa shape index (κ2) is 4.04. The molecule has 0 amide bonds. The van der Waals surface area contributed by atoms with Crippen LogP contribution in [0.1, 0.15) is 27.0 Å². The molecule has 1 N–H and O–H groups in total. The van der Waals surface area contributed by atoms with Crippen LogP contribution in [0.4, 0.5) is 0 Å². The molecule has 0 aliphatic rings. The Kier molecular flexibility index (Phi) is 3.02. The SMILES string of the molecule is CCOC(=O)c1sccc1C(=O)O. The normalized spacial score (nSPS) is 9.62. The topological polar surface area (TPSA) is 63.6 Å². The van der Waals surface area contributed by atoms with Crippen molar-refractivity contribution in [3.8, 4) is 0 Å². The van der Waals surface area contributed by atoms with Crippen LogP contribution >= 0.6 is 11.3 Å². The molecule has 0 unspecified atom stereocenters. The molecule has 0 saturated carbocycles. The van der Waals surface area contributed by atoms with E-state index < -0.39 is 11.9 Å². The van der Waals surface area contributed by atoms with E-state index >= 15 is 0 Å². The van der Waals surface area contributed by atoms with Crippen molar-refractivity contribution < 1.29 is 19.4 Å². The summed E-state index contributed by atoms with van der Waals surface area (Å²) in [7, 11) is 0. The lowest BCUT2D eigenvalue weighted by Crippen LogP contribution is -2.08. The predicted molar refractivity (Wildman–Crippen MR) is 47.2 cm³/mol. The van der Waals surface area contributed by atoms with E-state index in [1.165, 1.54) is 6.07 Å². The summed E-state index contributed by atoms with van der Waals surface area (Å²) in [5.74, 6) is -1.68. The van der Waals surface area contributed by atoms with Crippen LogP contribution in [0.15, 0.2) is 11.4 Å². The number of carboxylic acids is 1. The number of thiophene rings is 1. The largest absolute Gasteiger partial charge is 0.478 e. The average molecular weight is 200 g/mol. The van der Waals surface area contributed by atoms with E-state index in [9.17, 15) is 9.59 Å². The van der Waals surface area contributed by atoms with Gasteiger partial charge in [0.25, 0.3) is 0 Å². The first kappa shape index (κ1) is 9.73. The number of hydrogen-bond donors (Lipinski definition) is 1.